The van der Waals surface area contributed by atoms with Gasteiger partial charge in [-0.3, -0.25) is 9.69 Å². The quantitative estimate of drug-likeness (QED) is 0.651. The first-order valence-electron chi connectivity index (χ1n) is 4.65. The van der Waals surface area contributed by atoms with Crippen LogP contribution in [0.4, 0.5) is 4.79 Å². The third-order valence-electron chi connectivity index (χ3n) is 1.75. The van der Waals surface area contributed by atoms with E-state index in [4.69, 9.17) is 0 Å². The van der Waals surface area contributed by atoms with Crippen molar-refractivity contribution < 1.29 is 23.9 Å². The van der Waals surface area contributed by atoms with Crippen LogP contribution in [-0.2, 0) is 19.1 Å². The highest BCUT2D eigenvalue weighted by Gasteiger charge is 2.27. The number of rotatable bonds is 6. The van der Waals surface area contributed by atoms with Crippen LogP contribution in [0.25, 0.3) is 0 Å². The summed E-state index contributed by atoms with van der Waals surface area (Å²) in [7, 11) is 2.63. The smallest absolute Gasteiger partial charge is 0.418 e. The van der Waals surface area contributed by atoms with Gasteiger partial charge in [0.05, 0.1) is 6.61 Å². The highest BCUT2D eigenvalue weighted by Crippen LogP contribution is 1.98. The summed E-state index contributed by atoms with van der Waals surface area (Å²) >= 11 is 0. The summed E-state index contributed by atoms with van der Waals surface area (Å²) in [5.74, 6) is -0.670. The molecule has 7 heteroatoms. The van der Waals surface area contributed by atoms with Crippen molar-refractivity contribution in [2.24, 2.45) is 0 Å². The van der Waals surface area contributed by atoms with Crippen LogP contribution in [0.5, 0.6) is 0 Å². The molecule has 1 atom stereocenters. The Labute approximate surface area is 93.7 Å². The third kappa shape index (κ3) is 4.26. The van der Waals surface area contributed by atoms with Gasteiger partial charge in [0.2, 0.25) is 6.10 Å². The topological polar surface area (TPSA) is 84.9 Å². The molecule has 0 aliphatic rings. The molecule has 1 radical (unpaired) electrons. The Morgan fingerprint density at radius 2 is 2.12 bits per heavy atom. The molecule has 1 N–H and O–H groups in total. The molecule has 0 aromatic rings. The Morgan fingerprint density at radius 3 is 2.56 bits per heavy atom. The highest BCUT2D eigenvalue weighted by atomic mass is 16.6. The molecule has 0 rings (SSSR count). The number of imide groups is 1. The van der Waals surface area contributed by atoms with Crippen LogP contribution in [0.2, 0.25) is 0 Å². The molecule has 1 unspecified atom stereocenters. The second kappa shape index (κ2) is 7.63. The van der Waals surface area contributed by atoms with E-state index in [9.17, 15) is 14.4 Å². The first kappa shape index (κ1) is 14.4. The lowest BCUT2D eigenvalue weighted by Gasteiger charge is -2.20. The fourth-order valence-electron chi connectivity index (χ4n) is 0.951. The number of hydrogen-bond acceptors (Lipinski definition) is 5. The maximum Gasteiger partial charge on any atom is 0.418 e. The molecule has 0 aliphatic carbocycles. The van der Waals surface area contributed by atoms with Crippen molar-refractivity contribution in [1.29, 1.82) is 0 Å². The summed E-state index contributed by atoms with van der Waals surface area (Å²) in [4.78, 5) is 33.8. The van der Waals surface area contributed by atoms with Gasteiger partial charge in [0.15, 0.2) is 0 Å². The van der Waals surface area contributed by atoms with Gasteiger partial charge in [-0.05, 0) is 6.92 Å². The molecular formula is C9H15N2O5. The SMILES string of the molecule is CCNC(=O)N(C)C(=O)C(COC)O[C]=O. The van der Waals surface area contributed by atoms with Crippen molar-refractivity contribution >= 4 is 18.4 Å². The standard InChI is InChI=1S/C9H15N2O5/c1-4-10-9(14)11(2)8(13)7(5-15-3)16-6-12/h7H,4-5H2,1-3H3,(H,10,14). The van der Waals surface area contributed by atoms with E-state index in [-0.39, 0.29) is 6.61 Å². The van der Waals surface area contributed by atoms with Gasteiger partial charge in [-0.15, -0.1) is 0 Å². The van der Waals surface area contributed by atoms with Crippen LogP contribution in [0, 0.1) is 0 Å². The van der Waals surface area contributed by atoms with Gasteiger partial charge in [0.1, 0.15) is 0 Å². The van der Waals surface area contributed by atoms with E-state index in [0.717, 1.165) is 11.4 Å². The minimum atomic E-state index is -1.16. The predicted molar refractivity (Wildman–Crippen MR) is 54.3 cm³/mol. The molecular weight excluding hydrogens is 216 g/mol. The van der Waals surface area contributed by atoms with Crippen LogP contribution in [0.3, 0.4) is 0 Å². The Morgan fingerprint density at radius 1 is 1.50 bits per heavy atom. The predicted octanol–water partition coefficient (Wildman–Crippen LogP) is -0.727. The molecule has 16 heavy (non-hydrogen) atoms. The van der Waals surface area contributed by atoms with Gasteiger partial charge < -0.3 is 14.8 Å². The van der Waals surface area contributed by atoms with Crippen LogP contribution < -0.4 is 5.32 Å². The second-order valence-electron chi connectivity index (χ2n) is 2.88. The fourth-order valence-corrected chi connectivity index (χ4v) is 0.951. The summed E-state index contributed by atoms with van der Waals surface area (Å²) in [5.41, 5.74) is 0. The van der Waals surface area contributed by atoms with Crippen LogP contribution in [0.1, 0.15) is 6.92 Å². The van der Waals surface area contributed by atoms with E-state index in [1.807, 2.05) is 0 Å². The Hall–Kier alpha value is -1.63. The van der Waals surface area contributed by atoms with Gasteiger partial charge in [0.25, 0.3) is 5.91 Å². The summed E-state index contributed by atoms with van der Waals surface area (Å²) in [6.45, 7) is 3.14. The van der Waals surface area contributed by atoms with E-state index < -0.39 is 18.0 Å². The van der Waals surface area contributed by atoms with Crippen LogP contribution in [0.15, 0.2) is 0 Å². The van der Waals surface area contributed by atoms with Crippen molar-refractivity contribution in [3.8, 4) is 0 Å². The Bertz CT molecular complexity index is 256. The second-order valence-corrected chi connectivity index (χ2v) is 2.88. The number of amides is 3. The van der Waals surface area contributed by atoms with Crippen molar-refractivity contribution in [2.75, 3.05) is 27.3 Å². The van der Waals surface area contributed by atoms with Gasteiger partial charge in [0, 0.05) is 20.7 Å². The normalized spacial score (nSPS) is 11.4. The molecule has 0 heterocycles. The van der Waals surface area contributed by atoms with Gasteiger partial charge in [-0.1, -0.05) is 0 Å². The van der Waals surface area contributed by atoms with Gasteiger partial charge in [-0.25, -0.2) is 9.59 Å². The number of urea groups is 1. The number of ether oxygens (including phenoxy) is 2. The van der Waals surface area contributed by atoms with Crippen molar-refractivity contribution in [1.82, 2.24) is 10.2 Å². The third-order valence-corrected chi connectivity index (χ3v) is 1.75. The van der Waals surface area contributed by atoms with Crippen LogP contribution in [-0.4, -0.2) is 56.7 Å². The minimum absolute atomic E-state index is 0.127. The maximum atomic E-state index is 11.6. The Kier molecular flexibility index (Phi) is 6.86. The molecule has 0 saturated carbocycles. The first-order valence-corrected chi connectivity index (χ1v) is 4.65. The molecule has 0 saturated heterocycles. The highest BCUT2D eigenvalue weighted by molar-refractivity contribution is 5.96. The van der Waals surface area contributed by atoms with E-state index in [1.54, 1.807) is 6.92 Å². The van der Waals surface area contributed by atoms with E-state index >= 15 is 0 Å². The zero-order valence-corrected chi connectivity index (χ0v) is 9.48. The zero-order valence-electron chi connectivity index (χ0n) is 9.48. The lowest BCUT2D eigenvalue weighted by Crippen LogP contribution is -2.47. The molecule has 0 aliphatic heterocycles. The molecule has 0 spiro atoms. The Balaban J connectivity index is 4.46. The summed E-state index contributed by atoms with van der Waals surface area (Å²) < 4.78 is 9.08. The molecule has 0 aromatic heterocycles. The van der Waals surface area contributed by atoms with Crippen molar-refractivity contribution in [3.05, 3.63) is 0 Å². The lowest BCUT2D eigenvalue weighted by molar-refractivity contribution is -0.137. The van der Waals surface area contributed by atoms with Gasteiger partial charge >= 0.3 is 12.5 Å². The summed E-state index contributed by atoms with van der Waals surface area (Å²) in [5, 5.41) is 2.44. The number of likely N-dealkylation sites (N-methyl/N-ethyl adjacent to an activating group) is 1. The number of carbonyl (C=O) groups excluding carboxylic acids is 3. The van der Waals surface area contributed by atoms with Gasteiger partial charge in [-0.2, -0.15) is 0 Å². The fraction of sp³-hybridized carbons (Fsp3) is 0.667. The number of nitrogens with one attached hydrogen (secondary N) is 1. The lowest BCUT2D eigenvalue weighted by atomic mass is 10.3. The average molecular weight is 231 g/mol. The number of hydrogen-bond donors (Lipinski definition) is 1. The number of nitrogens with zero attached hydrogens (tertiary/aromatic N) is 1. The summed E-state index contributed by atoms with van der Waals surface area (Å²) in [6.07, 6.45) is -1.16. The molecule has 0 bridgehead atoms. The first-order chi connectivity index (χ1) is 7.58. The monoisotopic (exact) mass is 231 g/mol. The van der Waals surface area contributed by atoms with Crippen molar-refractivity contribution in [3.63, 3.8) is 0 Å². The molecule has 7 nitrogen and oxygen atoms in total. The molecule has 3 amide bonds. The minimum Gasteiger partial charge on any atom is -0.441 e. The molecule has 91 valence electrons. The van der Waals surface area contributed by atoms with Crippen LogP contribution >= 0.6 is 0 Å². The van der Waals surface area contributed by atoms with E-state index in [0.29, 0.717) is 6.54 Å². The molecule has 0 fully saturated rings. The van der Waals surface area contributed by atoms with E-state index in [2.05, 4.69) is 14.8 Å². The molecule has 0 aromatic carbocycles. The number of methoxy groups -OCH3 is 1. The van der Waals surface area contributed by atoms with Crippen molar-refractivity contribution in [2.45, 2.75) is 13.0 Å². The maximum absolute atomic E-state index is 11.6. The zero-order chi connectivity index (χ0) is 12.6. The largest absolute Gasteiger partial charge is 0.441 e. The van der Waals surface area contributed by atoms with E-state index in [1.165, 1.54) is 14.2 Å². The average Bonchev–Trinajstić information content (AvgIpc) is 2.27. The summed E-state index contributed by atoms with van der Waals surface area (Å²) in [6, 6.07) is -0.567. The number of carbonyl (C=O) groups is 2.